The Bertz CT molecular complexity index is 1370. The number of morpholine rings is 1. The summed E-state index contributed by atoms with van der Waals surface area (Å²) in [6.45, 7) is 1.31. The average Bonchev–Trinajstić information content (AvgIpc) is 2.94. The van der Waals surface area contributed by atoms with E-state index in [0.29, 0.717) is 65.6 Å². The molecule has 3 aromatic carbocycles. The largest absolute Gasteiger partial charge is 0.497 e. The molecule has 0 radical (unpaired) electrons. The van der Waals surface area contributed by atoms with Gasteiger partial charge in [-0.25, -0.2) is 8.42 Å². The first-order chi connectivity index (χ1) is 18.3. The van der Waals surface area contributed by atoms with Crippen LogP contribution in [0, 0.1) is 0 Å². The van der Waals surface area contributed by atoms with Crippen LogP contribution >= 0.6 is 11.6 Å². The summed E-state index contributed by atoms with van der Waals surface area (Å²) in [5.41, 5.74) is 1.02. The second-order valence-electron chi connectivity index (χ2n) is 8.46. The molecule has 0 spiro atoms. The van der Waals surface area contributed by atoms with Crippen LogP contribution in [0.1, 0.15) is 12.0 Å². The lowest BCUT2D eigenvalue weighted by atomic mass is 10.1. The average molecular weight is 561 g/mol. The zero-order valence-corrected chi connectivity index (χ0v) is 22.7. The number of benzene rings is 3. The number of nitrogens with one attached hydrogen (secondary N) is 1. The van der Waals surface area contributed by atoms with Crippen molar-refractivity contribution in [1.82, 2.24) is 4.31 Å². The molecule has 1 heterocycles. The topological polar surface area (TPSA) is 103 Å². The molecule has 0 saturated carbocycles. The fraction of sp³-hybridized carbons (Fsp3) is 0.296. The molecule has 0 unspecified atom stereocenters. The second-order valence-corrected chi connectivity index (χ2v) is 10.8. The quantitative estimate of drug-likeness (QED) is 0.382. The van der Waals surface area contributed by atoms with Crippen LogP contribution in [0.15, 0.2) is 65.6 Å². The van der Waals surface area contributed by atoms with Crippen molar-refractivity contribution >= 4 is 33.2 Å². The van der Waals surface area contributed by atoms with Gasteiger partial charge >= 0.3 is 0 Å². The zero-order chi connectivity index (χ0) is 27.1. The van der Waals surface area contributed by atoms with Crippen LogP contribution in [-0.2, 0) is 26.0 Å². The molecule has 0 aromatic heterocycles. The van der Waals surface area contributed by atoms with E-state index >= 15 is 0 Å². The molecular formula is C27H29ClN2O7S. The molecule has 0 aliphatic carbocycles. The number of hydrogen-bond acceptors (Lipinski definition) is 7. The van der Waals surface area contributed by atoms with Gasteiger partial charge in [0.05, 0.1) is 38.0 Å². The molecule has 11 heteroatoms. The van der Waals surface area contributed by atoms with E-state index in [0.717, 1.165) is 0 Å². The van der Waals surface area contributed by atoms with Crippen molar-refractivity contribution in [3.63, 3.8) is 0 Å². The summed E-state index contributed by atoms with van der Waals surface area (Å²) < 4.78 is 49.4. The summed E-state index contributed by atoms with van der Waals surface area (Å²) in [5.74, 6) is 1.88. The first-order valence-corrected chi connectivity index (χ1v) is 13.8. The molecule has 38 heavy (non-hydrogen) atoms. The van der Waals surface area contributed by atoms with Crippen molar-refractivity contribution in [2.45, 2.75) is 17.7 Å². The summed E-state index contributed by atoms with van der Waals surface area (Å²) in [5, 5.41) is 3.28. The van der Waals surface area contributed by atoms with E-state index in [1.54, 1.807) is 61.7 Å². The predicted octanol–water partition coefficient (Wildman–Crippen LogP) is 4.74. The lowest BCUT2D eigenvalue weighted by Gasteiger charge is -2.26. The van der Waals surface area contributed by atoms with Gasteiger partial charge in [0.2, 0.25) is 15.9 Å². The standard InChI is InChI=1S/C27H29ClN2O7S/c1-34-21-5-7-22(8-6-21)37-26-10-4-20(28)18-24(26)29-27(31)12-3-19-17-23(9-11-25(19)35-2)38(32,33)30-13-15-36-16-14-30/h4-11,17-18H,3,12-16H2,1-2H3,(H,29,31). The van der Waals surface area contributed by atoms with Crippen molar-refractivity contribution in [3.8, 4) is 23.0 Å². The second kappa shape index (κ2) is 12.5. The Morgan fingerprint density at radius 3 is 2.32 bits per heavy atom. The molecule has 1 aliphatic rings. The molecular weight excluding hydrogens is 532 g/mol. The number of halogens is 1. The Balaban J connectivity index is 1.46. The summed E-state index contributed by atoms with van der Waals surface area (Å²) in [7, 11) is -0.598. The number of rotatable bonds is 10. The molecule has 1 amide bonds. The van der Waals surface area contributed by atoms with E-state index in [4.69, 9.17) is 30.5 Å². The Labute approximate surface area is 227 Å². The zero-order valence-electron chi connectivity index (χ0n) is 21.1. The Morgan fingerprint density at radius 1 is 0.947 bits per heavy atom. The van der Waals surface area contributed by atoms with Gasteiger partial charge in [0.1, 0.15) is 17.2 Å². The fourth-order valence-corrected chi connectivity index (χ4v) is 5.60. The third kappa shape index (κ3) is 6.76. The van der Waals surface area contributed by atoms with Crippen molar-refractivity contribution < 1.29 is 32.2 Å². The molecule has 1 saturated heterocycles. The Morgan fingerprint density at radius 2 is 1.63 bits per heavy atom. The number of nitrogens with zero attached hydrogens (tertiary/aromatic N) is 1. The van der Waals surface area contributed by atoms with Crippen LogP contribution in [0.4, 0.5) is 5.69 Å². The van der Waals surface area contributed by atoms with Gasteiger partial charge in [-0.2, -0.15) is 4.31 Å². The number of ether oxygens (including phenoxy) is 4. The number of anilines is 1. The lowest BCUT2D eigenvalue weighted by molar-refractivity contribution is -0.116. The fourth-order valence-electron chi connectivity index (χ4n) is 3.97. The van der Waals surface area contributed by atoms with E-state index in [2.05, 4.69) is 5.32 Å². The van der Waals surface area contributed by atoms with E-state index in [9.17, 15) is 13.2 Å². The summed E-state index contributed by atoms with van der Waals surface area (Å²) >= 11 is 6.17. The number of carbonyl (C=O) groups excluding carboxylic acids is 1. The maximum absolute atomic E-state index is 13.1. The molecule has 1 N–H and O–H groups in total. The highest BCUT2D eigenvalue weighted by atomic mass is 35.5. The van der Waals surface area contributed by atoms with Gasteiger partial charge in [-0.15, -0.1) is 0 Å². The first kappa shape index (κ1) is 27.7. The van der Waals surface area contributed by atoms with E-state index in [1.807, 2.05) is 0 Å². The van der Waals surface area contributed by atoms with Gasteiger partial charge in [0.25, 0.3) is 0 Å². The predicted molar refractivity (Wildman–Crippen MR) is 144 cm³/mol. The van der Waals surface area contributed by atoms with Gasteiger partial charge in [-0.3, -0.25) is 4.79 Å². The normalized spacial score (nSPS) is 14.1. The SMILES string of the molecule is COc1ccc(Oc2ccc(Cl)cc2NC(=O)CCc2cc(S(=O)(=O)N3CCOCC3)ccc2OC)cc1. The third-order valence-electron chi connectivity index (χ3n) is 5.98. The van der Waals surface area contributed by atoms with Crippen LogP contribution in [0.2, 0.25) is 5.02 Å². The van der Waals surface area contributed by atoms with Crippen molar-refractivity contribution in [3.05, 3.63) is 71.2 Å². The Hall–Kier alpha value is -3.31. The summed E-state index contributed by atoms with van der Waals surface area (Å²) in [6.07, 6.45) is 0.336. The van der Waals surface area contributed by atoms with E-state index in [-0.39, 0.29) is 23.6 Å². The highest BCUT2D eigenvalue weighted by Gasteiger charge is 2.27. The van der Waals surface area contributed by atoms with Gasteiger partial charge in [0.15, 0.2) is 5.75 Å². The summed E-state index contributed by atoms with van der Waals surface area (Å²) in [6, 6.07) is 16.7. The summed E-state index contributed by atoms with van der Waals surface area (Å²) in [4.78, 5) is 13.1. The molecule has 9 nitrogen and oxygen atoms in total. The minimum Gasteiger partial charge on any atom is -0.497 e. The number of methoxy groups -OCH3 is 2. The monoisotopic (exact) mass is 560 g/mol. The Kier molecular flexibility index (Phi) is 9.11. The smallest absolute Gasteiger partial charge is 0.243 e. The van der Waals surface area contributed by atoms with Gasteiger partial charge in [-0.05, 0) is 72.6 Å². The number of amides is 1. The lowest BCUT2D eigenvalue weighted by Crippen LogP contribution is -2.40. The maximum atomic E-state index is 13.1. The van der Waals surface area contributed by atoms with E-state index < -0.39 is 10.0 Å². The van der Waals surface area contributed by atoms with Crippen LogP contribution < -0.4 is 19.5 Å². The number of carbonyl (C=O) groups is 1. The van der Waals surface area contributed by atoms with Crippen LogP contribution in [0.25, 0.3) is 0 Å². The molecule has 1 fully saturated rings. The minimum atomic E-state index is -3.68. The molecule has 4 rings (SSSR count). The minimum absolute atomic E-state index is 0.0753. The van der Waals surface area contributed by atoms with Crippen molar-refractivity contribution in [1.29, 1.82) is 0 Å². The highest BCUT2D eigenvalue weighted by Crippen LogP contribution is 2.33. The molecule has 3 aromatic rings. The van der Waals surface area contributed by atoms with Crippen LogP contribution in [0.3, 0.4) is 0 Å². The number of hydrogen-bond donors (Lipinski definition) is 1. The highest BCUT2D eigenvalue weighted by molar-refractivity contribution is 7.89. The van der Waals surface area contributed by atoms with Crippen molar-refractivity contribution in [2.75, 3.05) is 45.8 Å². The third-order valence-corrected chi connectivity index (χ3v) is 8.11. The van der Waals surface area contributed by atoms with Crippen molar-refractivity contribution in [2.24, 2.45) is 0 Å². The van der Waals surface area contributed by atoms with Gasteiger partial charge in [0, 0.05) is 24.5 Å². The molecule has 0 bridgehead atoms. The molecule has 0 atom stereocenters. The number of sulfonamides is 1. The first-order valence-electron chi connectivity index (χ1n) is 12.0. The maximum Gasteiger partial charge on any atom is 0.243 e. The van der Waals surface area contributed by atoms with Gasteiger partial charge in [-0.1, -0.05) is 11.6 Å². The van der Waals surface area contributed by atoms with Crippen LogP contribution in [0.5, 0.6) is 23.0 Å². The van der Waals surface area contributed by atoms with Crippen LogP contribution in [-0.4, -0.2) is 59.2 Å². The molecule has 202 valence electrons. The molecule has 1 aliphatic heterocycles. The number of aryl methyl sites for hydroxylation is 1. The van der Waals surface area contributed by atoms with Gasteiger partial charge < -0.3 is 24.3 Å². The van der Waals surface area contributed by atoms with E-state index in [1.165, 1.54) is 17.5 Å².